The predicted octanol–water partition coefficient (Wildman–Crippen LogP) is 22.4. The number of rotatable bonds is 18. The summed E-state index contributed by atoms with van der Waals surface area (Å²) in [6.07, 6.45) is 10.3. The number of esters is 4. The Kier molecular flexibility index (Phi) is 52.4. The van der Waals surface area contributed by atoms with Crippen molar-refractivity contribution < 1.29 is 128 Å². The summed E-state index contributed by atoms with van der Waals surface area (Å²) in [6.45, 7) is 88.8. The van der Waals surface area contributed by atoms with E-state index in [1.54, 1.807) is 104 Å². The zero-order chi connectivity index (χ0) is 108. The lowest BCUT2D eigenvalue weighted by Crippen LogP contribution is -2.52. The zero-order valence-corrected chi connectivity index (χ0v) is 98.0. The number of amides is 4. The van der Waals surface area contributed by atoms with E-state index in [2.05, 4.69) is 200 Å². The summed E-state index contributed by atoms with van der Waals surface area (Å²) in [6, 6.07) is 2.39. The smallest absolute Gasteiger partial charge is 0.419 e. The van der Waals surface area contributed by atoms with E-state index in [1.165, 1.54) is 62.2 Å². The van der Waals surface area contributed by atoms with Gasteiger partial charge in [-0.3, -0.25) is 24.2 Å². The van der Waals surface area contributed by atoms with E-state index in [4.69, 9.17) is 67.4 Å². The van der Waals surface area contributed by atoms with Crippen molar-refractivity contribution in [1.29, 1.82) is 0 Å². The molecule has 39 heteroatoms. The van der Waals surface area contributed by atoms with Gasteiger partial charge in [0.25, 0.3) is 0 Å². The maximum atomic E-state index is 13.2. The molecule has 139 heavy (non-hydrogen) atoms. The average molecular weight is 2080 g/mol. The molecule has 1 saturated heterocycles. The van der Waals surface area contributed by atoms with Crippen LogP contribution in [-0.2, 0) is 74.7 Å². The van der Waals surface area contributed by atoms with Gasteiger partial charge in [-0.05, 0) is 233 Å². The Bertz CT molecular complexity index is 4170. The lowest BCUT2D eigenvalue weighted by molar-refractivity contribution is -0.149. The molecule has 0 bridgehead atoms. The number of carbonyl (C=O) groups is 10. The predicted molar refractivity (Wildman–Crippen MR) is 563 cm³/mol. The van der Waals surface area contributed by atoms with Crippen LogP contribution in [0.2, 0.25) is 90.7 Å². The maximum absolute atomic E-state index is 13.2. The minimum atomic E-state index is -2.02. The van der Waals surface area contributed by atoms with E-state index < -0.39 is 159 Å². The maximum Gasteiger partial charge on any atom is 0.419 e. The average Bonchev–Trinajstić information content (AvgIpc) is 1.65. The molecule has 806 valence electrons. The molecule has 1 unspecified atom stereocenters. The SMILES string of the molecule is C.C.CC(C)(C)OC(=O)N1[C@@H](CO)C=C[C@H]1CO.CC(C)(C)OC(=O)N1[C@@H](CO[Si](C)(C)C(C)(C)C)C=C[C@H]1CO[Si](C)(C)C(C)(C)C.CC(C)(C)OC(=O)N1[C@@H](CO[Si](C)(C)C(C)(C)C)CC(O)[C@H]1CO[Si](C)(C)C(C)(C)C.CC(C)(C)OC(=O)n1cccc1.CC(C)(C)[Si](C)(C)Cl.COC(=O)[C@H]1C=C[C@@H](C(=O)OC)N1C(=O)OC(C)(C)C.COC(=O)c1ccc(C(=O)OC)n1C(=O)OC(C)(C)C. The number of hydrogen-bond donors (Lipinski definition) is 3. The highest BCUT2D eigenvalue weighted by Crippen LogP contribution is 2.43. The summed E-state index contributed by atoms with van der Waals surface area (Å²) in [5.74, 6) is -2.82. The fourth-order valence-electron chi connectivity index (χ4n) is 11.1. The first kappa shape index (κ1) is 136. The van der Waals surface area contributed by atoms with Gasteiger partial charge >= 0.3 is 60.4 Å². The molecule has 6 rings (SSSR count). The topological polar surface area (TPSA) is 383 Å². The summed E-state index contributed by atoms with van der Waals surface area (Å²) >= 11 is 6.15. The third kappa shape index (κ3) is 45.3. The molecule has 2 aromatic heterocycles. The van der Waals surface area contributed by atoms with Gasteiger partial charge in [0.05, 0.1) is 110 Å². The van der Waals surface area contributed by atoms with Gasteiger partial charge in [0.1, 0.15) is 45.0 Å². The second kappa shape index (κ2) is 53.6. The van der Waals surface area contributed by atoms with E-state index in [-0.39, 0.29) is 89.9 Å². The van der Waals surface area contributed by atoms with Crippen LogP contribution in [0.4, 0.5) is 28.8 Å². The summed E-state index contributed by atoms with van der Waals surface area (Å²) in [4.78, 5) is 126. The van der Waals surface area contributed by atoms with Crippen LogP contribution in [0.3, 0.4) is 0 Å². The monoisotopic (exact) mass is 2080 g/mol. The molecule has 1 fully saturated rings. The summed E-state index contributed by atoms with van der Waals surface area (Å²) in [5, 5.41) is 29.9. The van der Waals surface area contributed by atoms with E-state index in [0.717, 1.165) is 9.47 Å². The molecule has 6 heterocycles. The Balaban J connectivity index is -0.00000160. The first-order valence-electron chi connectivity index (χ1n) is 46.7. The first-order chi connectivity index (χ1) is 61.3. The van der Waals surface area contributed by atoms with Crippen LogP contribution in [0.1, 0.15) is 271 Å². The molecule has 0 aromatic carbocycles. The third-order valence-electron chi connectivity index (χ3n) is 23.9. The fourth-order valence-corrected chi connectivity index (χ4v) is 15.2. The standard InChI is InChI=1S/C23H49NO5Si2.C23H47NO4Si2.C13H19NO6.C13H17NO6.C11H19NO4.C9H13NO2.C6H15ClSi.2CH4/c1-21(2,3)29-20(26)24-17(15-27-30(10,11)22(4,5)6)14-19(25)18(24)16-28-31(12,13)23(7,8)9;1-21(2,3)28-20(25)24-18(16-26-29(10,11)22(4,5)6)14-15-19(24)17-27-30(12,13)23(7,8)9;2*1-13(2,3)20-12(17)14-8(10(15)18-4)6-7-9(14)11(16)19-5;1-11(2,3)16-10(15)12-8(6-13)4-5-9(12)7-14;1-9(2,3)12-8(11)10-6-4-5-7-10;1-6(2,3)8(4,5)7;;/h17-19,25H,14-16H2,1-13H3;14-15,18-19H,16-17H2,1-13H3;6-9H,1-5H3;6-7H,1-5H3;4-5,8-9,13-14H,6-7H2,1-3H3;4-7H,1-3H3;1-5H3;2*1H4/t17-,18-,19?;18-,19+;8-,9+;;8-,9+;;;;/m1......../s1. The molecule has 9 atom stereocenters. The molecule has 4 aliphatic rings. The van der Waals surface area contributed by atoms with Gasteiger partial charge in [0.15, 0.2) is 52.7 Å². The van der Waals surface area contributed by atoms with Gasteiger partial charge in [-0.1, -0.05) is 168 Å². The van der Waals surface area contributed by atoms with Crippen LogP contribution in [0.5, 0.6) is 0 Å². The number of aliphatic hydroxyl groups excluding tert-OH is 3. The highest BCUT2D eigenvalue weighted by Gasteiger charge is 2.51. The number of halogens is 1. The summed E-state index contributed by atoms with van der Waals surface area (Å²) < 4.78 is 78.5. The number of carbonyl (C=O) groups excluding carboxylic acids is 10. The second-order valence-electron chi connectivity index (χ2n) is 47.8. The number of aliphatic hydroxyl groups is 3. The lowest BCUT2D eigenvalue weighted by atomic mass is 10.1. The normalized spacial score (nSPS) is 19.3. The largest absolute Gasteiger partial charge is 0.467 e. The van der Waals surface area contributed by atoms with Crippen LogP contribution >= 0.6 is 11.1 Å². The summed E-state index contributed by atoms with van der Waals surface area (Å²) in [7, 11) is -4.47. The number of methoxy groups -OCH3 is 4. The lowest BCUT2D eigenvalue weighted by Gasteiger charge is -2.40. The number of aromatic nitrogens is 2. The van der Waals surface area contributed by atoms with Crippen molar-refractivity contribution in [3.8, 4) is 0 Å². The fraction of sp³-hybridized carbons (Fsp3) is 0.760. The van der Waals surface area contributed by atoms with Gasteiger partial charge in [0.2, 0.25) is 0 Å². The molecule has 0 aliphatic carbocycles. The Morgan fingerprint density at radius 1 is 0.345 bits per heavy atom. The Morgan fingerprint density at radius 3 is 0.863 bits per heavy atom. The zero-order valence-electron chi connectivity index (χ0n) is 92.3. The van der Waals surface area contributed by atoms with Crippen LogP contribution in [0.25, 0.3) is 0 Å². The van der Waals surface area contributed by atoms with Crippen molar-refractivity contribution in [2.45, 2.75) is 428 Å². The van der Waals surface area contributed by atoms with Crippen molar-refractivity contribution in [2.24, 2.45) is 0 Å². The molecule has 4 amide bonds. The Labute approximate surface area is 845 Å². The number of likely N-dealkylation sites (tertiary alicyclic amines) is 1. The molecule has 0 spiro atoms. The first-order valence-corrected chi connectivity index (χ1v) is 62.3. The van der Waals surface area contributed by atoms with E-state index >= 15 is 0 Å². The minimum absolute atomic E-state index is 0. The minimum Gasteiger partial charge on any atom is -0.467 e. The molecule has 0 saturated carbocycles. The quantitative estimate of drug-likeness (QED) is 0.0410. The molecular formula is C100H187ClN6O27Si5. The van der Waals surface area contributed by atoms with Gasteiger partial charge in [-0.2, -0.15) is 11.1 Å². The number of ether oxygens (including phenoxy) is 10. The molecule has 33 nitrogen and oxygen atoms in total. The van der Waals surface area contributed by atoms with E-state index in [0.29, 0.717) is 37.9 Å². The second-order valence-corrected chi connectivity index (χ2v) is 74.3. The van der Waals surface area contributed by atoms with Crippen molar-refractivity contribution in [3.63, 3.8) is 0 Å². The Hall–Kier alpha value is -7.23. The molecule has 2 aromatic rings. The van der Waals surface area contributed by atoms with Crippen molar-refractivity contribution in [1.82, 2.24) is 28.7 Å². The van der Waals surface area contributed by atoms with Crippen LogP contribution in [-0.4, -0.2) is 301 Å². The van der Waals surface area contributed by atoms with Crippen LogP contribution in [0, 0.1) is 0 Å². The molecule has 0 radical (unpaired) electrons. The van der Waals surface area contributed by atoms with E-state index in [1.807, 2.05) is 67.2 Å². The van der Waals surface area contributed by atoms with Crippen molar-refractivity contribution in [3.05, 3.63) is 84.5 Å². The van der Waals surface area contributed by atoms with Gasteiger partial charge < -0.3 is 80.4 Å². The van der Waals surface area contributed by atoms with Gasteiger partial charge in [-0.25, -0.2) is 52.5 Å². The van der Waals surface area contributed by atoms with Gasteiger partial charge in [0, 0.05) is 12.4 Å². The number of hydrogen-bond acceptors (Lipinski definition) is 27. The van der Waals surface area contributed by atoms with Gasteiger partial charge in [-0.15, -0.1) is 0 Å². The molecule has 4 aliphatic heterocycles. The highest BCUT2D eigenvalue weighted by molar-refractivity contribution is 7.20. The third-order valence-corrected chi connectivity index (χ3v) is 47.2. The van der Waals surface area contributed by atoms with Crippen molar-refractivity contribution >= 4 is 112 Å². The van der Waals surface area contributed by atoms with Crippen LogP contribution < -0.4 is 0 Å². The molecular weight excluding hydrogens is 1890 g/mol. The molecule has 3 N–H and O–H groups in total. The van der Waals surface area contributed by atoms with Crippen molar-refractivity contribution in [2.75, 3.05) is 68.1 Å². The summed E-state index contributed by atoms with van der Waals surface area (Å²) in [5.41, 5.74) is -3.91. The highest BCUT2D eigenvalue weighted by atomic mass is 35.6. The number of nitrogens with zero attached hydrogens (tertiary/aromatic N) is 6. The van der Waals surface area contributed by atoms with E-state index in [9.17, 15) is 53.1 Å². The Morgan fingerprint density at radius 2 is 0.597 bits per heavy atom. The van der Waals surface area contributed by atoms with Crippen LogP contribution in [0.15, 0.2) is 73.1 Å².